The first-order valence-corrected chi connectivity index (χ1v) is 6.34. The highest BCUT2D eigenvalue weighted by atomic mass is 35.5. The van der Waals surface area contributed by atoms with Gasteiger partial charge in [0.1, 0.15) is 5.15 Å². The maximum Gasteiger partial charge on any atom is 0.252 e. The molecule has 1 aliphatic carbocycles. The monoisotopic (exact) mass is 269 g/mol. The predicted molar refractivity (Wildman–Crippen MR) is 69.7 cm³/mol. The number of pyridine rings is 1. The fourth-order valence-corrected chi connectivity index (χ4v) is 2.42. The third kappa shape index (κ3) is 3.11. The normalized spacial score (nSPS) is 23.7. The summed E-state index contributed by atoms with van der Waals surface area (Å²) < 4.78 is 0. The van der Waals surface area contributed by atoms with E-state index < -0.39 is 5.91 Å². The van der Waals surface area contributed by atoms with E-state index >= 15 is 0 Å². The van der Waals surface area contributed by atoms with Crippen LogP contribution in [-0.4, -0.2) is 28.1 Å². The van der Waals surface area contributed by atoms with Crippen LogP contribution in [0.4, 0.5) is 5.69 Å². The summed E-state index contributed by atoms with van der Waals surface area (Å²) in [4.78, 5) is 15.1. The number of hydrogen-bond donors (Lipinski definition) is 3. The SMILES string of the molecule is NC(=O)c1cnc(Cl)cc1N[C@H]1CCCC(O)C1. The molecule has 0 spiro atoms. The minimum atomic E-state index is -0.543. The minimum absolute atomic E-state index is 0.130. The van der Waals surface area contributed by atoms with Gasteiger partial charge in [-0.1, -0.05) is 11.6 Å². The van der Waals surface area contributed by atoms with Gasteiger partial charge < -0.3 is 16.2 Å². The molecule has 18 heavy (non-hydrogen) atoms. The van der Waals surface area contributed by atoms with Crippen LogP contribution in [0.25, 0.3) is 0 Å². The van der Waals surface area contributed by atoms with Crippen molar-refractivity contribution < 1.29 is 9.90 Å². The zero-order valence-corrected chi connectivity index (χ0v) is 10.7. The summed E-state index contributed by atoms with van der Waals surface area (Å²) in [6, 6.07) is 1.72. The lowest BCUT2D eigenvalue weighted by molar-refractivity contribution is 0.100. The number of amides is 1. The number of hydrogen-bond acceptors (Lipinski definition) is 4. The van der Waals surface area contributed by atoms with Crippen molar-refractivity contribution in [3.8, 4) is 0 Å². The van der Waals surface area contributed by atoms with Gasteiger partial charge in [-0.05, 0) is 31.7 Å². The zero-order chi connectivity index (χ0) is 13.1. The van der Waals surface area contributed by atoms with Crippen LogP contribution in [0.3, 0.4) is 0 Å². The lowest BCUT2D eigenvalue weighted by atomic mass is 9.92. The number of halogens is 1. The minimum Gasteiger partial charge on any atom is -0.393 e. The number of nitrogens with one attached hydrogen (secondary N) is 1. The van der Waals surface area contributed by atoms with Gasteiger partial charge in [0.05, 0.1) is 17.4 Å². The Labute approximate surface area is 110 Å². The summed E-state index contributed by atoms with van der Waals surface area (Å²) in [5.41, 5.74) is 6.19. The maximum absolute atomic E-state index is 11.3. The highest BCUT2D eigenvalue weighted by molar-refractivity contribution is 6.29. The molecule has 1 aliphatic rings. The Bertz CT molecular complexity index is 453. The second kappa shape index (κ2) is 5.54. The van der Waals surface area contributed by atoms with E-state index in [1.807, 2.05) is 0 Å². The topological polar surface area (TPSA) is 88.2 Å². The third-order valence-corrected chi connectivity index (χ3v) is 3.35. The molecule has 1 unspecified atom stereocenters. The van der Waals surface area contributed by atoms with Crippen molar-refractivity contribution in [2.24, 2.45) is 5.73 Å². The Morgan fingerprint density at radius 3 is 3.00 bits per heavy atom. The van der Waals surface area contributed by atoms with E-state index in [0.29, 0.717) is 22.8 Å². The van der Waals surface area contributed by atoms with E-state index in [1.54, 1.807) is 6.07 Å². The molecule has 98 valence electrons. The first-order chi connectivity index (χ1) is 8.56. The van der Waals surface area contributed by atoms with Crippen molar-refractivity contribution >= 4 is 23.2 Å². The first kappa shape index (κ1) is 13.1. The van der Waals surface area contributed by atoms with Gasteiger partial charge >= 0.3 is 0 Å². The lowest BCUT2D eigenvalue weighted by Crippen LogP contribution is -2.30. The smallest absolute Gasteiger partial charge is 0.252 e. The van der Waals surface area contributed by atoms with Gasteiger partial charge in [-0.25, -0.2) is 4.98 Å². The predicted octanol–water partition coefficient (Wildman–Crippen LogP) is 1.55. The van der Waals surface area contributed by atoms with Crippen molar-refractivity contribution in [1.29, 1.82) is 0 Å². The molecular formula is C12H16ClN3O2. The number of aromatic nitrogens is 1. The van der Waals surface area contributed by atoms with Gasteiger partial charge in [-0.3, -0.25) is 4.79 Å². The number of primary amides is 1. The van der Waals surface area contributed by atoms with E-state index in [9.17, 15) is 9.90 Å². The van der Waals surface area contributed by atoms with Crippen LogP contribution in [0.15, 0.2) is 12.3 Å². The second-order valence-electron chi connectivity index (χ2n) is 4.58. The molecule has 1 amide bonds. The van der Waals surface area contributed by atoms with E-state index in [4.69, 9.17) is 17.3 Å². The van der Waals surface area contributed by atoms with Crippen molar-refractivity contribution in [3.63, 3.8) is 0 Å². The Morgan fingerprint density at radius 1 is 1.56 bits per heavy atom. The van der Waals surface area contributed by atoms with Gasteiger partial charge in [-0.15, -0.1) is 0 Å². The maximum atomic E-state index is 11.3. The molecule has 1 fully saturated rings. The molecule has 2 rings (SSSR count). The van der Waals surface area contributed by atoms with E-state index in [1.165, 1.54) is 6.20 Å². The third-order valence-electron chi connectivity index (χ3n) is 3.14. The van der Waals surface area contributed by atoms with Gasteiger partial charge in [0.15, 0.2) is 0 Å². The molecule has 5 nitrogen and oxygen atoms in total. The average Bonchev–Trinajstić information content (AvgIpc) is 2.28. The van der Waals surface area contributed by atoms with Crippen molar-refractivity contribution in [3.05, 3.63) is 23.0 Å². The summed E-state index contributed by atoms with van der Waals surface area (Å²) in [6.45, 7) is 0. The highest BCUT2D eigenvalue weighted by Crippen LogP contribution is 2.25. The van der Waals surface area contributed by atoms with Crippen LogP contribution in [-0.2, 0) is 0 Å². The number of rotatable bonds is 3. The molecule has 0 radical (unpaired) electrons. The molecule has 2 atom stereocenters. The Hall–Kier alpha value is -1.33. The molecular weight excluding hydrogens is 254 g/mol. The van der Waals surface area contributed by atoms with Crippen LogP contribution in [0.5, 0.6) is 0 Å². The van der Waals surface area contributed by atoms with Gasteiger partial charge in [0, 0.05) is 12.2 Å². The molecule has 0 saturated heterocycles. The summed E-state index contributed by atoms with van der Waals surface area (Å²) in [7, 11) is 0. The fraction of sp³-hybridized carbons (Fsp3) is 0.500. The number of carbonyl (C=O) groups excluding carboxylic acids is 1. The molecule has 6 heteroatoms. The zero-order valence-electron chi connectivity index (χ0n) is 9.90. The molecule has 0 bridgehead atoms. The number of nitrogens with two attached hydrogens (primary N) is 1. The van der Waals surface area contributed by atoms with Crippen molar-refractivity contribution in [2.45, 2.75) is 37.8 Å². The molecule has 0 aliphatic heterocycles. The number of nitrogens with zero attached hydrogens (tertiary/aromatic N) is 1. The highest BCUT2D eigenvalue weighted by Gasteiger charge is 2.21. The van der Waals surface area contributed by atoms with Crippen molar-refractivity contribution in [2.75, 3.05) is 5.32 Å². The van der Waals surface area contributed by atoms with Gasteiger partial charge in [-0.2, -0.15) is 0 Å². The van der Waals surface area contributed by atoms with E-state index in [0.717, 1.165) is 19.3 Å². The number of aliphatic hydroxyl groups excluding tert-OH is 1. The quantitative estimate of drug-likeness (QED) is 0.727. The molecule has 1 aromatic rings. The summed E-state index contributed by atoms with van der Waals surface area (Å²) in [5.74, 6) is -0.543. The standard InChI is InChI=1S/C12H16ClN3O2/c13-11-5-10(9(6-15-11)12(14)18)16-7-2-1-3-8(17)4-7/h5-8,17H,1-4H2,(H2,14,18)(H,15,16)/t7-,8?/m0/s1. The molecule has 1 aromatic heterocycles. The van der Waals surface area contributed by atoms with Gasteiger partial charge in [0.25, 0.3) is 5.91 Å². The first-order valence-electron chi connectivity index (χ1n) is 5.96. The van der Waals surface area contributed by atoms with Crippen molar-refractivity contribution in [1.82, 2.24) is 4.98 Å². The van der Waals surface area contributed by atoms with Crippen LogP contribution in [0, 0.1) is 0 Å². The number of aliphatic hydroxyl groups is 1. The van der Waals surface area contributed by atoms with Crippen LogP contribution in [0.2, 0.25) is 5.15 Å². The second-order valence-corrected chi connectivity index (χ2v) is 4.97. The summed E-state index contributed by atoms with van der Waals surface area (Å²) in [6.07, 6.45) is 4.49. The van der Waals surface area contributed by atoms with E-state index in [2.05, 4.69) is 10.3 Å². The number of carbonyl (C=O) groups is 1. The lowest BCUT2D eigenvalue weighted by Gasteiger charge is -2.28. The van der Waals surface area contributed by atoms with E-state index in [-0.39, 0.29) is 12.1 Å². The van der Waals surface area contributed by atoms with Crippen LogP contribution >= 0.6 is 11.6 Å². The average molecular weight is 270 g/mol. The van der Waals surface area contributed by atoms with Gasteiger partial charge in [0.2, 0.25) is 0 Å². The van der Waals surface area contributed by atoms with Crippen LogP contribution < -0.4 is 11.1 Å². The molecule has 4 N–H and O–H groups in total. The molecule has 0 aromatic carbocycles. The Balaban J connectivity index is 2.16. The molecule has 1 saturated carbocycles. The summed E-state index contributed by atoms with van der Waals surface area (Å²) in [5, 5.41) is 13.1. The number of anilines is 1. The van der Waals surface area contributed by atoms with Crippen LogP contribution in [0.1, 0.15) is 36.0 Å². The molecule has 1 heterocycles. The fourth-order valence-electron chi connectivity index (χ4n) is 2.26. The Kier molecular flexibility index (Phi) is 4.04. The largest absolute Gasteiger partial charge is 0.393 e. The summed E-state index contributed by atoms with van der Waals surface area (Å²) >= 11 is 5.82. The Morgan fingerprint density at radius 2 is 2.33 bits per heavy atom.